The summed E-state index contributed by atoms with van der Waals surface area (Å²) in [6.07, 6.45) is 4.80. The molecule has 1 aliphatic heterocycles. The number of nitrogens with zero attached hydrogens (tertiary/aromatic N) is 4. The molecule has 8 nitrogen and oxygen atoms in total. The molecule has 1 saturated carbocycles. The third kappa shape index (κ3) is 5.35. The molecule has 2 N–H and O–H groups in total. The number of carbonyl (C=O) groups excluding carboxylic acids is 1. The number of amidine groups is 1. The van der Waals surface area contributed by atoms with Gasteiger partial charge < -0.3 is 15.2 Å². The van der Waals surface area contributed by atoms with Crippen molar-refractivity contribution in [1.82, 2.24) is 20.1 Å². The number of ether oxygens (including phenoxy) is 1. The monoisotopic (exact) mass is 575 g/mol. The van der Waals surface area contributed by atoms with Crippen LogP contribution in [-0.4, -0.2) is 38.3 Å². The molecule has 39 heavy (non-hydrogen) atoms. The van der Waals surface area contributed by atoms with Crippen LogP contribution in [0, 0.1) is 17.6 Å². The van der Waals surface area contributed by atoms with Gasteiger partial charge in [0.25, 0.3) is 0 Å². The number of thiazole rings is 1. The molecule has 2 aliphatic rings. The topological polar surface area (TPSA) is 102 Å². The Morgan fingerprint density at radius 3 is 2.64 bits per heavy atom. The second-order valence-corrected chi connectivity index (χ2v) is 10.8. The Balaban J connectivity index is 1.55. The van der Waals surface area contributed by atoms with Gasteiger partial charge in [0.1, 0.15) is 6.04 Å². The SMILES string of the molecule is CCOC(=O)C1=C([C@H]2CC[C@H](c3cc(CO)nn3C)CC2)NC(c2nccs2)=NC1c1ccc(F)c(F)c1Cl. The van der Waals surface area contributed by atoms with Crippen molar-refractivity contribution < 1.29 is 23.4 Å². The first kappa shape index (κ1) is 27.4. The molecule has 1 aromatic carbocycles. The quantitative estimate of drug-likeness (QED) is 0.297. The molecule has 1 unspecified atom stereocenters. The molecule has 1 aliphatic carbocycles. The Bertz CT molecular complexity index is 1430. The van der Waals surface area contributed by atoms with Crippen LogP contribution in [0.5, 0.6) is 0 Å². The summed E-state index contributed by atoms with van der Waals surface area (Å²) in [6, 6.07) is 3.26. The first-order valence-corrected chi connectivity index (χ1v) is 14.0. The van der Waals surface area contributed by atoms with Crippen molar-refractivity contribution in [2.75, 3.05) is 6.61 Å². The van der Waals surface area contributed by atoms with Gasteiger partial charge in [-0.25, -0.2) is 18.6 Å². The number of nitrogens with one attached hydrogen (secondary N) is 1. The van der Waals surface area contributed by atoms with Crippen molar-refractivity contribution in [3.8, 4) is 0 Å². The molecule has 3 heterocycles. The molecule has 1 atom stereocenters. The predicted octanol–water partition coefficient (Wildman–Crippen LogP) is 5.18. The fourth-order valence-electron chi connectivity index (χ4n) is 5.43. The van der Waals surface area contributed by atoms with Crippen LogP contribution in [0.2, 0.25) is 5.02 Å². The van der Waals surface area contributed by atoms with Gasteiger partial charge in [0.15, 0.2) is 22.5 Å². The van der Waals surface area contributed by atoms with Gasteiger partial charge >= 0.3 is 5.97 Å². The van der Waals surface area contributed by atoms with E-state index in [1.54, 1.807) is 13.1 Å². The first-order valence-electron chi connectivity index (χ1n) is 12.7. The lowest BCUT2D eigenvalue weighted by molar-refractivity contribution is -0.139. The van der Waals surface area contributed by atoms with Crippen LogP contribution >= 0.6 is 22.9 Å². The fraction of sp³-hybridized carbons (Fsp3) is 0.407. The molecule has 3 aromatic rings. The highest BCUT2D eigenvalue weighted by molar-refractivity contribution is 7.11. The van der Waals surface area contributed by atoms with Crippen LogP contribution < -0.4 is 5.32 Å². The van der Waals surface area contributed by atoms with E-state index in [4.69, 9.17) is 21.3 Å². The number of rotatable bonds is 7. The Hall–Kier alpha value is -3.15. The van der Waals surface area contributed by atoms with E-state index in [0.29, 0.717) is 22.2 Å². The Morgan fingerprint density at radius 2 is 2.00 bits per heavy atom. The van der Waals surface area contributed by atoms with Crippen LogP contribution in [0.25, 0.3) is 0 Å². The van der Waals surface area contributed by atoms with Crippen molar-refractivity contribution in [3.63, 3.8) is 0 Å². The number of aryl methyl sites for hydroxylation is 1. The summed E-state index contributed by atoms with van der Waals surface area (Å²) in [6.45, 7) is 1.73. The van der Waals surface area contributed by atoms with Crippen molar-refractivity contribution in [2.24, 2.45) is 18.0 Å². The van der Waals surface area contributed by atoms with Gasteiger partial charge in [-0.1, -0.05) is 17.7 Å². The number of hydrogen-bond acceptors (Lipinski definition) is 8. The number of aromatic nitrogens is 3. The van der Waals surface area contributed by atoms with Gasteiger partial charge in [-0.2, -0.15) is 5.10 Å². The molecule has 5 rings (SSSR count). The number of allylic oxidation sites excluding steroid dienone is 1. The molecular weight excluding hydrogens is 548 g/mol. The molecule has 0 amide bonds. The fourth-order valence-corrected chi connectivity index (χ4v) is 6.27. The lowest BCUT2D eigenvalue weighted by atomic mass is 9.77. The van der Waals surface area contributed by atoms with E-state index >= 15 is 0 Å². The maximum absolute atomic E-state index is 14.6. The summed E-state index contributed by atoms with van der Waals surface area (Å²) < 4.78 is 35.8. The Morgan fingerprint density at radius 1 is 1.26 bits per heavy atom. The van der Waals surface area contributed by atoms with Crippen LogP contribution in [0.3, 0.4) is 0 Å². The van der Waals surface area contributed by atoms with Crippen molar-refractivity contribution >= 4 is 34.7 Å². The summed E-state index contributed by atoms with van der Waals surface area (Å²) in [7, 11) is 1.87. The van der Waals surface area contributed by atoms with Gasteiger partial charge in [-0.15, -0.1) is 11.3 Å². The highest BCUT2D eigenvalue weighted by Gasteiger charge is 2.38. The van der Waals surface area contributed by atoms with Crippen LogP contribution in [0.4, 0.5) is 8.78 Å². The molecule has 0 spiro atoms. The number of hydrogen-bond donors (Lipinski definition) is 2. The minimum absolute atomic E-state index is 0.0526. The number of carbonyl (C=O) groups is 1. The lowest BCUT2D eigenvalue weighted by Crippen LogP contribution is -2.38. The second kappa shape index (κ2) is 11.5. The summed E-state index contributed by atoms with van der Waals surface area (Å²) >= 11 is 7.65. The number of aliphatic imine (C=N–C) groups is 1. The number of esters is 1. The normalized spacial score (nSPS) is 21.5. The number of aliphatic hydroxyl groups is 1. The molecule has 206 valence electrons. The zero-order valence-electron chi connectivity index (χ0n) is 21.5. The summed E-state index contributed by atoms with van der Waals surface area (Å²) in [4.78, 5) is 22.5. The highest BCUT2D eigenvalue weighted by atomic mass is 35.5. The molecule has 12 heteroatoms. The molecule has 0 radical (unpaired) electrons. The highest BCUT2D eigenvalue weighted by Crippen LogP contribution is 2.44. The Labute approximate surface area is 233 Å². The van der Waals surface area contributed by atoms with E-state index in [9.17, 15) is 18.7 Å². The van der Waals surface area contributed by atoms with E-state index < -0.39 is 28.7 Å². The van der Waals surface area contributed by atoms with Crippen LogP contribution in [0.1, 0.15) is 66.5 Å². The summed E-state index contributed by atoms with van der Waals surface area (Å²) in [5, 5.41) is 19.2. The molecule has 1 fully saturated rings. The van der Waals surface area contributed by atoms with Gasteiger partial charge in [0.2, 0.25) is 0 Å². The maximum atomic E-state index is 14.6. The molecule has 2 aromatic heterocycles. The van der Waals surface area contributed by atoms with Crippen LogP contribution in [-0.2, 0) is 23.2 Å². The molecular formula is C27H28ClF2N5O3S. The number of halogens is 3. The van der Waals surface area contributed by atoms with Crippen LogP contribution in [0.15, 0.2) is 46.0 Å². The summed E-state index contributed by atoms with van der Waals surface area (Å²) in [5.41, 5.74) is 2.74. The minimum atomic E-state index is -1.19. The van der Waals surface area contributed by atoms with Gasteiger partial charge in [0, 0.05) is 41.5 Å². The van der Waals surface area contributed by atoms with E-state index in [0.717, 1.165) is 37.4 Å². The summed E-state index contributed by atoms with van der Waals surface area (Å²) in [5.74, 6) is -2.24. The molecule has 0 bridgehead atoms. The van der Waals surface area contributed by atoms with E-state index in [1.807, 2.05) is 23.2 Å². The van der Waals surface area contributed by atoms with Gasteiger partial charge in [0.05, 0.1) is 29.5 Å². The van der Waals surface area contributed by atoms with E-state index in [1.165, 1.54) is 17.4 Å². The smallest absolute Gasteiger partial charge is 0.338 e. The van der Waals surface area contributed by atoms with Gasteiger partial charge in [-0.05, 0) is 50.7 Å². The zero-order valence-corrected chi connectivity index (χ0v) is 23.0. The zero-order chi connectivity index (χ0) is 27.7. The average Bonchev–Trinajstić information content (AvgIpc) is 3.61. The number of benzene rings is 1. The van der Waals surface area contributed by atoms with Crippen molar-refractivity contribution in [2.45, 2.75) is 51.2 Å². The third-order valence-electron chi connectivity index (χ3n) is 7.25. The van der Waals surface area contributed by atoms with Crippen molar-refractivity contribution in [1.29, 1.82) is 0 Å². The lowest BCUT2D eigenvalue weighted by Gasteiger charge is -2.35. The molecule has 0 saturated heterocycles. The van der Waals surface area contributed by atoms with Crippen molar-refractivity contribution in [3.05, 3.63) is 79.7 Å². The van der Waals surface area contributed by atoms with E-state index in [2.05, 4.69) is 15.4 Å². The van der Waals surface area contributed by atoms with E-state index in [-0.39, 0.29) is 36.2 Å². The van der Waals surface area contributed by atoms with Gasteiger partial charge in [-0.3, -0.25) is 9.67 Å². The largest absolute Gasteiger partial charge is 0.463 e. The average molecular weight is 576 g/mol. The second-order valence-electron chi connectivity index (χ2n) is 9.55. The Kier molecular flexibility index (Phi) is 8.11. The minimum Gasteiger partial charge on any atom is -0.463 e. The predicted molar refractivity (Wildman–Crippen MR) is 143 cm³/mol. The third-order valence-corrected chi connectivity index (χ3v) is 8.41. The first-order chi connectivity index (χ1) is 18.8. The maximum Gasteiger partial charge on any atom is 0.338 e. The standard InChI is InChI=1S/C27H28ClF2N5O3S/c1-3-38-27(37)20-23(15-6-4-14(5-7-15)19-12-16(13-36)34-35(19)2)32-25(26-31-10-11-39-26)33-24(20)17-8-9-18(29)22(30)21(17)28/h8-12,14-15,24,36H,3-7,13H2,1-2H3,(H,32,33)/t14-,15-,24?. The number of aliphatic hydroxyl groups excluding tert-OH is 1.